The number of anilines is 1. The lowest BCUT2D eigenvalue weighted by molar-refractivity contribution is 1.02. The van der Waals surface area contributed by atoms with Gasteiger partial charge in [0, 0.05) is 10.0 Å². The molecule has 15 heavy (non-hydrogen) atoms. The fourth-order valence-electron chi connectivity index (χ4n) is 1.31. The van der Waals surface area contributed by atoms with Crippen molar-refractivity contribution in [1.82, 2.24) is 14.9 Å². The van der Waals surface area contributed by atoms with Gasteiger partial charge in [-0.25, -0.2) is 4.68 Å². The lowest BCUT2D eigenvalue weighted by atomic mass is 10.1. The Morgan fingerprint density at radius 1 is 1.33 bits per heavy atom. The van der Waals surface area contributed by atoms with E-state index in [9.17, 15) is 0 Å². The third-order valence-electron chi connectivity index (χ3n) is 2.15. The summed E-state index contributed by atoms with van der Waals surface area (Å²) in [6, 6.07) is 5.83. The molecular weight excluding hydrogens is 258 g/mol. The SMILES string of the molecule is Cc1cccc(-c2nnc(N)n2N)c1Br. The van der Waals surface area contributed by atoms with E-state index in [1.54, 1.807) is 0 Å². The number of nitrogens with two attached hydrogens (primary N) is 2. The maximum Gasteiger partial charge on any atom is 0.241 e. The molecule has 0 amide bonds. The zero-order valence-corrected chi connectivity index (χ0v) is 9.69. The van der Waals surface area contributed by atoms with E-state index in [2.05, 4.69) is 26.1 Å². The van der Waals surface area contributed by atoms with Gasteiger partial charge in [0.1, 0.15) is 0 Å². The van der Waals surface area contributed by atoms with Gasteiger partial charge in [0.2, 0.25) is 5.95 Å². The van der Waals surface area contributed by atoms with Crippen LogP contribution in [0.5, 0.6) is 0 Å². The smallest absolute Gasteiger partial charge is 0.241 e. The van der Waals surface area contributed by atoms with Crippen LogP contribution >= 0.6 is 15.9 Å². The first-order valence-electron chi connectivity index (χ1n) is 4.32. The van der Waals surface area contributed by atoms with E-state index >= 15 is 0 Å². The van der Waals surface area contributed by atoms with Crippen LogP contribution in [0, 0.1) is 6.92 Å². The van der Waals surface area contributed by atoms with Gasteiger partial charge in [-0.1, -0.05) is 12.1 Å². The number of hydrogen-bond donors (Lipinski definition) is 2. The first kappa shape index (κ1) is 9.97. The maximum absolute atomic E-state index is 5.70. The summed E-state index contributed by atoms with van der Waals surface area (Å²) in [4.78, 5) is 0. The van der Waals surface area contributed by atoms with Gasteiger partial charge in [-0.15, -0.1) is 10.2 Å². The summed E-state index contributed by atoms with van der Waals surface area (Å²) in [5.41, 5.74) is 7.50. The molecule has 0 aliphatic carbocycles. The van der Waals surface area contributed by atoms with Crippen molar-refractivity contribution in [3.8, 4) is 11.4 Å². The molecule has 0 aliphatic rings. The van der Waals surface area contributed by atoms with Crippen molar-refractivity contribution >= 4 is 21.9 Å². The van der Waals surface area contributed by atoms with Crippen LogP contribution in [-0.4, -0.2) is 14.9 Å². The zero-order chi connectivity index (χ0) is 11.0. The molecular formula is C9H10BrN5. The minimum atomic E-state index is 0.193. The first-order valence-corrected chi connectivity index (χ1v) is 5.12. The van der Waals surface area contributed by atoms with Gasteiger partial charge < -0.3 is 11.6 Å². The Morgan fingerprint density at radius 2 is 2.07 bits per heavy atom. The van der Waals surface area contributed by atoms with Gasteiger partial charge in [0.05, 0.1) is 0 Å². The number of nitrogens with zero attached hydrogens (tertiary/aromatic N) is 3. The number of aromatic nitrogens is 3. The summed E-state index contributed by atoms with van der Waals surface area (Å²) >= 11 is 3.48. The highest BCUT2D eigenvalue weighted by atomic mass is 79.9. The molecule has 0 fully saturated rings. The van der Waals surface area contributed by atoms with E-state index in [1.807, 2.05) is 25.1 Å². The average molecular weight is 268 g/mol. The maximum atomic E-state index is 5.70. The summed E-state index contributed by atoms with van der Waals surface area (Å²) in [7, 11) is 0. The van der Waals surface area contributed by atoms with Crippen molar-refractivity contribution in [2.75, 3.05) is 11.6 Å². The minimum absolute atomic E-state index is 0.193. The number of aryl methyl sites for hydroxylation is 1. The van der Waals surface area contributed by atoms with Gasteiger partial charge in [0.15, 0.2) is 5.82 Å². The molecule has 0 aliphatic heterocycles. The fraction of sp³-hybridized carbons (Fsp3) is 0.111. The molecule has 0 saturated carbocycles. The van der Waals surface area contributed by atoms with Crippen LogP contribution in [0.2, 0.25) is 0 Å². The van der Waals surface area contributed by atoms with E-state index in [-0.39, 0.29) is 5.95 Å². The molecule has 0 radical (unpaired) electrons. The number of hydrogen-bond acceptors (Lipinski definition) is 4. The molecule has 0 atom stereocenters. The minimum Gasteiger partial charge on any atom is -0.366 e. The molecule has 0 bridgehead atoms. The third-order valence-corrected chi connectivity index (χ3v) is 3.21. The third kappa shape index (κ3) is 1.56. The zero-order valence-electron chi connectivity index (χ0n) is 8.11. The van der Waals surface area contributed by atoms with Gasteiger partial charge >= 0.3 is 0 Å². The standard InChI is InChI=1S/C9H10BrN5/c1-5-3-2-4-6(7(5)10)8-13-14-9(11)15(8)12/h2-4H,12H2,1H3,(H2,11,14). The van der Waals surface area contributed by atoms with Crippen molar-refractivity contribution in [1.29, 1.82) is 0 Å². The van der Waals surface area contributed by atoms with E-state index in [1.165, 1.54) is 4.68 Å². The predicted octanol–water partition coefficient (Wildman–Crippen LogP) is 1.31. The van der Waals surface area contributed by atoms with Crippen LogP contribution in [0.15, 0.2) is 22.7 Å². The van der Waals surface area contributed by atoms with Crippen molar-refractivity contribution in [3.63, 3.8) is 0 Å². The number of nitrogen functional groups attached to an aromatic ring is 2. The number of halogens is 1. The quantitative estimate of drug-likeness (QED) is 0.764. The Labute approximate surface area is 95.2 Å². The highest BCUT2D eigenvalue weighted by Gasteiger charge is 2.12. The van der Waals surface area contributed by atoms with Crippen LogP contribution in [0.1, 0.15) is 5.56 Å². The Balaban J connectivity index is 2.64. The highest BCUT2D eigenvalue weighted by Crippen LogP contribution is 2.29. The second-order valence-corrected chi connectivity index (χ2v) is 3.98. The van der Waals surface area contributed by atoms with E-state index in [4.69, 9.17) is 11.6 Å². The van der Waals surface area contributed by atoms with Gasteiger partial charge in [0.25, 0.3) is 0 Å². The van der Waals surface area contributed by atoms with Crippen molar-refractivity contribution < 1.29 is 0 Å². The predicted molar refractivity (Wildman–Crippen MR) is 62.5 cm³/mol. The molecule has 1 aromatic carbocycles. The molecule has 1 aromatic heterocycles. The van der Waals surface area contributed by atoms with Gasteiger partial charge in [-0.05, 0) is 34.5 Å². The molecule has 78 valence electrons. The van der Waals surface area contributed by atoms with Crippen molar-refractivity contribution in [2.24, 2.45) is 0 Å². The largest absolute Gasteiger partial charge is 0.366 e. The number of benzene rings is 1. The van der Waals surface area contributed by atoms with Crippen LogP contribution in [0.4, 0.5) is 5.95 Å². The molecule has 0 unspecified atom stereocenters. The molecule has 2 aromatic rings. The second kappa shape index (κ2) is 3.54. The summed E-state index contributed by atoms with van der Waals surface area (Å²) in [6.07, 6.45) is 0. The summed E-state index contributed by atoms with van der Waals surface area (Å²) < 4.78 is 2.21. The Hall–Kier alpha value is -1.56. The van der Waals surface area contributed by atoms with Gasteiger partial charge in [-0.3, -0.25) is 0 Å². The van der Waals surface area contributed by atoms with Crippen molar-refractivity contribution in [3.05, 3.63) is 28.2 Å². The molecule has 0 saturated heterocycles. The topological polar surface area (TPSA) is 82.8 Å². The fourth-order valence-corrected chi connectivity index (χ4v) is 1.75. The Bertz CT molecular complexity index is 505. The van der Waals surface area contributed by atoms with Crippen LogP contribution in [0.3, 0.4) is 0 Å². The summed E-state index contributed by atoms with van der Waals surface area (Å²) in [5.74, 6) is 6.44. The normalized spacial score (nSPS) is 10.5. The van der Waals surface area contributed by atoms with Crippen LogP contribution in [-0.2, 0) is 0 Å². The van der Waals surface area contributed by atoms with Crippen LogP contribution in [0.25, 0.3) is 11.4 Å². The van der Waals surface area contributed by atoms with Gasteiger partial charge in [-0.2, -0.15) is 0 Å². The highest BCUT2D eigenvalue weighted by molar-refractivity contribution is 9.10. The molecule has 6 heteroatoms. The van der Waals surface area contributed by atoms with E-state index < -0.39 is 0 Å². The van der Waals surface area contributed by atoms with Crippen molar-refractivity contribution in [2.45, 2.75) is 6.92 Å². The second-order valence-electron chi connectivity index (χ2n) is 3.19. The summed E-state index contributed by atoms with van der Waals surface area (Å²) in [6.45, 7) is 1.99. The van der Waals surface area contributed by atoms with Crippen LogP contribution < -0.4 is 11.6 Å². The molecule has 5 nitrogen and oxygen atoms in total. The molecule has 0 spiro atoms. The van der Waals surface area contributed by atoms with E-state index in [0.29, 0.717) is 5.82 Å². The lowest BCUT2D eigenvalue weighted by Gasteiger charge is -2.05. The van der Waals surface area contributed by atoms with E-state index in [0.717, 1.165) is 15.6 Å². The molecule has 2 rings (SSSR count). The lowest BCUT2D eigenvalue weighted by Crippen LogP contribution is -2.13. The molecule has 1 heterocycles. The first-order chi connectivity index (χ1) is 7.11. The summed E-state index contributed by atoms with van der Waals surface area (Å²) in [5, 5.41) is 7.63. The number of rotatable bonds is 1. The Kier molecular flexibility index (Phi) is 2.36. The monoisotopic (exact) mass is 267 g/mol. The molecule has 4 N–H and O–H groups in total. The Morgan fingerprint density at radius 3 is 2.67 bits per heavy atom. The average Bonchev–Trinajstić information content (AvgIpc) is 2.53.